The minimum atomic E-state index is -0.896. The van der Waals surface area contributed by atoms with Crippen molar-refractivity contribution < 1.29 is 19.4 Å². The van der Waals surface area contributed by atoms with Gasteiger partial charge in [-0.25, -0.2) is 15.0 Å². The van der Waals surface area contributed by atoms with Crippen molar-refractivity contribution in [1.82, 2.24) is 14.6 Å². The summed E-state index contributed by atoms with van der Waals surface area (Å²) < 4.78 is 1.59. The molecule has 1 aromatic heterocycles. The number of amides is 2. The minimum Gasteiger partial charge on any atom is -0.378 e. The molecule has 1 atom stereocenters. The summed E-state index contributed by atoms with van der Waals surface area (Å²) in [7, 11) is 3.75. The van der Waals surface area contributed by atoms with E-state index in [4.69, 9.17) is 0 Å². The van der Waals surface area contributed by atoms with Gasteiger partial charge in [-0.2, -0.15) is 0 Å². The molecule has 0 bridgehead atoms. The van der Waals surface area contributed by atoms with Crippen LogP contribution in [-0.2, 0) is 9.59 Å². The minimum absolute atomic E-state index is 0.249. The fourth-order valence-electron chi connectivity index (χ4n) is 3.76. The third-order valence-electron chi connectivity index (χ3n) is 5.35. The molecule has 3 aromatic rings. The maximum absolute atomic E-state index is 13.1. The van der Waals surface area contributed by atoms with E-state index in [9.17, 15) is 29.8 Å². The highest BCUT2D eigenvalue weighted by molar-refractivity contribution is 6.12. The lowest BCUT2D eigenvalue weighted by atomic mass is 10.1. The van der Waals surface area contributed by atoms with Gasteiger partial charge in [0.25, 0.3) is 17.5 Å². The Balaban J connectivity index is 1.87. The first kappa shape index (κ1) is 22.4. The Hall–Kier alpha value is -4.81. The molecule has 4 rings (SSSR count). The highest BCUT2D eigenvalue weighted by atomic mass is 16.6. The zero-order chi connectivity index (χ0) is 24.6. The quantitative estimate of drug-likeness (QED) is 0.294. The van der Waals surface area contributed by atoms with E-state index in [1.54, 1.807) is 22.9 Å². The number of nitro benzene ring substituents is 2. The third-order valence-corrected chi connectivity index (χ3v) is 5.35. The van der Waals surface area contributed by atoms with Gasteiger partial charge in [0.15, 0.2) is 6.17 Å². The van der Waals surface area contributed by atoms with Crippen molar-refractivity contribution in [2.45, 2.75) is 12.6 Å². The molecule has 1 aliphatic rings. The molecule has 1 fully saturated rings. The Bertz CT molecular complexity index is 1270. The van der Waals surface area contributed by atoms with Crippen LogP contribution in [0.5, 0.6) is 0 Å². The number of carbonyl (C=O) groups excluding carboxylic acids is 2. The second kappa shape index (κ2) is 8.61. The number of imidazole rings is 1. The highest BCUT2D eigenvalue weighted by Crippen LogP contribution is 2.39. The lowest BCUT2D eigenvalue weighted by Gasteiger charge is -2.35. The summed E-state index contributed by atoms with van der Waals surface area (Å²) in [4.78, 5) is 53.2. The van der Waals surface area contributed by atoms with Gasteiger partial charge in [0, 0.05) is 38.2 Å². The molecule has 2 aromatic carbocycles. The predicted molar refractivity (Wildman–Crippen MR) is 120 cm³/mol. The van der Waals surface area contributed by atoms with Crippen LogP contribution >= 0.6 is 0 Å². The van der Waals surface area contributed by atoms with Gasteiger partial charge in [-0.05, 0) is 23.8 Å². The second-order valence-electron chi connectivity index (χ2n) is 7.68. The first-order valence-electron chi connectivity index (χ1n) is 10.0. The highest BCUT2D eigenvalue weighted by Gasteiger charge is 2.45. The summed E-state index contributed by atoms with van der Waals surface area (Å²) in [5.74, 6) is -1.29. The molecule has 1 unspecified atom stereocenters. The smallest absolute Gasteiger partial charge is 0.301 e. The molecule has 1 aliphatic heterocycles. The standard InChI is InChI=1S/C21H19N7O6/c1-23(2)15-5-3-14(4-6-15)21(24-10-9-22-13-24)26-20(30)12-19(29)25(26)17-8-7-16(27(31)32)11-18(17)28(33)34/h3-11,13,21H,12H2,1-2H3. The zero-order valence-corrected chi connectivity index (χ0v) is 18.1. The Kier molecular flexibility index (Phi) is 5.67. The molecule has 1 saturated heterocycles. The van der Waals surface area contributed by atoms with Crippen LogP contribution in [0.25, 0.3) is 0 Å². The average molecular weight is 465 g/mol. The van der Waals surface area contributed by atoms with E-state index >= 15 is 0 Å². The first-order chi connectivity index (χ1) is 16.2. The number of nitrogens with zero attached hydrogens (tertiary/aromatic N) is 7. The predicted octanol–water partition coefficient (Wildman–Crippen LogP) is 2.49. The third kappa shape index (κ3) is 3.90. The van der Waals surface area contributed by atoms with Crippen molar-refractivity contribution in [3.63, 3.8) is 0 Å². The van der Waals surface area contributed by atoms with Gasteiger partial charge < -0.3 is 9.47 Å². The molecule has 13 nitrogen and oxygen atoms in total. The van der Waals surface area contributed by atoms with E-state index in [1.807, 2.05) is 31.1 Å². The average Bonchev–Trinajstić information content (AvgIpc) is 3.42. The Morgan fingerprint density at radius 2 is 1.71 bits per heavy atom. The van der Waals surface area contributed by atoms with E-state index < -0.39 is 45.6 Å². The molecule has 0 N–H and O–H groups in total. The Morgan fingerprint density at radius 3 is 2.26 bits per heavy atom. The van der Waals surface area contributed by atoms with Crippen molar-refractivity contribution >= 4 is 34.6 Å². The number of hydrogen-bond acceptors (Lipinski definition) is 8. The van der Waals surface area contributed by atoms with Gasteiger partial charge in [0.2, 0.25) is 0 Å². The number of hydrazine groups is 1. The summed E-state index contributed by atoms with van der Waals surface area (Å²) in [5.41, 5.74) is 0.0857. The maximum atomic E-state index is 13.1. The van der Waals surface area contributed by atoms with E-state index in [0.717, 1.165) is 33.9 Å². The fourth-order valence-corrected chi connectivity index (χ4v) is 3.76. The number of carbonyl (C=O) groups is 2. The number of hydrogen-bond donors (Lipinski definition) is 0. The number of aromatic nitrogens is 2. The Morgan fingerprint density at radius 1 is 1.00 bits per heavy atom. The monoisotopic (exact) mass is 465 g/mol. The maximum Gasteiger partial charge on any atom is 0.301 e. The number of anilines is 2. The van der Waals surface area contributed by atoms with Crippen molar-refractivity contribution in [2.75, 3.05) is 24.0 Å². The van der Waals surface area contributed by atoms with Crippen molar-refractivity contribution in [1.29, 1.82) is 0 Å². The molecule has 0 saturated carbocycles. The lowest BCUT2D eigenvalue weighted by molar-refractivity contribution is -0.393. The van der Waals surface area contributed by atoms with Crippen molar-refractivity contribution in [3.8, 4) is 0 Å². The summed E-state index contributed by atoms with van der Waals surface area (Å²) in [5, 5.41) is 24.9. The van der Waals surface area contributed by atoms with Crippen molar-refractivity contribution in [2.24, 2.45) is 0 Å². The summed E-state index contributed by atoms with van der Waals surface area (Å²) >= 11 is 0. The van der Waals surface area contributed by atoms with Crippen LogP contribution in [0.4, 0.5) is 22.7 Å². The molecule has 0 spiro atoms. The van der Waals surface area contributed by atoms with Gasteiger partial charge >= 0.3 is 5.69 Å². The zero-order valence-electron chi connectivity index (χ0n) is 18.1. The summed E-state index contributed by atoms with van der Waals surface area (Å²) in [6, 6.07) is 10.1. The van der Waals surface area contributed by atoms with Crippen molar-refractivity contribution in [3.05, 3.63) is 87.0 Å². The van der Waals surface area contributed by atoms with Gasteiger partial charge in [0.05, 0.1) is 22.2 Å². The van der Waals surface area contributed by atoms with Crippen LogP contribution in [0.2, 0.25) is 0 Å². The molecule has 0 radical (unpaired) electrons. The number of nitro groups is 2. The molecular weight excluding hydrogens is 446 g/mol. The number of non-ortho nitro benzene ring substituents is 1. The van der Waals surface area contributed by atoms with Gasteiger partial charge in [-0.3, -0.25) is 29.8 Å². The van der Waals surface area contributed by atoms with Gasteiger partial charge in [-0.1, -0.05) is 12.1 Å². The SMILES string of the molecule is CN(C)c1ccc(C(N2C(=O)CC(=O)N2c2ccc([N+](=O)[O-])cc2[N+](=O)[O-])n2ccnc2)cc1. The van der Waals surface area contributed by atoms with E-state index in [0.29, 0.717) is 5.56 Å². The largest absolute Gasteiger partial charge is 0.378 e. The topological polar surface area (TPSA) is 148 Å². The molecule has 13 heteroatoms. The van der Waals surface area contributed by atoms with E-state index in [2.05, 4.69) is 4.98 Å². The summed E-state index contributed by atoms with van der Waals surface area (Å²) in [6.45, 7) is 0. The van der Waals surface area contributed by atoms with Gasteiger partial charge in [-0.15, -0.1) is 0 Å². The molecule has 34 heavy (non-hydrogen) atoms. The van der Waals surface area contributed by atoms with E-state index in [1.165, 1.54) is 12.5 Å². The molecule has 0 aliphatic carbocycles. The lowest BCUT2D eigenvalue weighted by Crippen LogP contribution is -2.46. The molecular formula is C21H19N7O6. The van der Waals surface area contributed by atoms with Gasteiger partial charge in [0.1, 0.15) is 12.1 Å². The van der Waals surface area contributed by atoms with Crippen LogP contribution in [0.3, 0.4) is 0 Å². The first-order valence-corrected chi connectivity index (χ1v) is 10.0. The molecule has 174 valence electrons. The van der Waals surface area contributed by atoms with Crippen LogP contribution < -0.4 is 9.91 Å². The molecule has 2 amide bonds. The number of rotatable bonds is 7. The van der Waals surface area contributed by atoms with Crippen LogP contribution in [-0.4, -0.2) is 50.3 Å². The number of benzene rings is 2. The fraction of sp³-hybridized carbons (Fsp3) is 0.190. The second-order valence-corrected chi connectivity index (χ2v) is 7.68. The Labute approximate surface area is 192 Å². The van der Waals surface area contributed by atoms with Crippen LogP contribution in [0.15, 0.2) is 61.2 Å². The van der Waals surface area contributed by atoms with Crippen LogP contribution in [0.1, 0.15) is 18.2 Å². The normalized spacial score (nSPS) is 14.4. The van der Waals surface area contributed by atoms with E-state index in [-0.39, 0.29) is 5.69 Å². The summed E-state index contributed by atoms with van der Waals surface area (Å²) in [6.07, 6.45) is 3.15. The van der Waals surface area contributed by atoms with Crippen LogP contribution in [0, 0.1) is 20.2 Å². The molecule has 2 heterocycles.